The van der Waals surface area contributed by atoms with E-state index in [0.717, 1.165) is 24.2 Å². The van der Waals surface area contributed by atoms with E-state index >= 15 is 0 Å². The Morgan fingerprint density at radius 3 is 1.72 bits per heavy atom. The van der Waals surface area contributed by atoms with E-state index in [1.54, 1.807) is 0 Å². The number of rotatable bonds is 4. The summed E-state index contributed by atoms with van der Waals surface area (Å²) in [6.07, 6.45) is 0. The van der Waals surface area contributed by atoms with Crippen molar-refractivity contribution in [3.05, 3.63) is 59.2 Å². The highest BCUT2D eigenvalue weighted by Gasteiger charge is 2.28. The number of hydrogen-bond donors (Lipinski definition) is 0. The molecule has 0 heterocycles. The molecule has 0 bridgehead atoms. The maximum atomic E-state index is 13.0. The van der Waals surface area contributed by atoms with Crippen molar-refractivity contribution in [2.24, 2.45) is 0 Å². The molecule has 0 aliphatic carbocycles. The second-order valence-corrected chi connectivity index (χ2v) is 8.87. The number of anilines is 1. The lowest BCUT2D eigenvalue weighted by Crippen LogP contribution is -2.23. The third kappa shape index (κ3) is 4.56. The smallest absolute Gasteiger partial charge is 0.186 e. The summed E-state index contributed by atoms with van der Waals surface area (Å²) in [5.41, 5.74) is 3.94. The average molecular weight is 339 g/mol. The van der Waals surface area contributed by atoms with Crippen LogP contribution in [0.1, 0.15) is 65.2 Å². The van der Waals surface area contributed by atoms with Crippen LogP contribution < -0.4 is 4.90 Å². The Morgan fingerprint density at radius 1 is 0.840 bits per heavy atom. The first-order valence-corrected chi connectivity index (χ1v) is 9.19. The van der Waals surface area contributed by atoms with E-state index in [2.05, 4.69) is 89.8 Å². The van der Waals surface area contributed by atoms with Crippen LogP contribution in [0.25, 0.3) is 0 Å². The molecular weight excluding hydrogens is 306 g/mol. The zero-order valence-electron chi connectivity index (χ0n) is 16.8. The van der Waals surface area contributed by atoms with Crippen LogP contribution in [-0.2, 0) is 22.5 Å². The first-order valence-electron chi connectivity index (χ1n) is 9.19. The molecule has 0 saturated carbocycles. The molecule has 2 aromatic rings. The summed E-state index contributed by atoms with van der Waals surface area (Å²) in [5.74, 6) is 0.200. The molecule has 0 aliphatic heterocycles. The fourth-order valence-corrected chi connectivity index (χ4v) is 3.14. The molecule has 0 aromatic heterocycles. The molecule has 2 rings (SSSR count). The first-order chi connectivity index (χ1) is 11.5. The lowest BCUT2D eigenvalue weighted by atomic mass is 9.78. The molecule has 0 N–H and O–H groups in total. The summed E-state index contributed by atoms with van der Waals surface area (Å²) < 4.78 is 0. The normalized spacial score (nSPS) is 12.3. The third-order valence-electron chi connectivity index (χ3n) is 4.64. The minimum absolute atomic E-state index is 0.156. The van der Waals surface area contributed by atoms with E-state index in [1.807, 2.05) is 6.07 Å². The molecule has 1 radical (unpaired) electrons. The summed E-state index contributed by atoms with van der Waals surface area (Å²) in [4.78, 5) is 2.35. The van der Waals surface area contributed by atoms with Gasteiger partial charge in [0.15, 0.2) is 5.75 Å². The summed E-state index contributed by atoms with van der Waals surface area (Å²) >= 11 is 0. The van der Waals surface area contributed by atoms with E-state index in [1.165, 1.54) is 11.3 Å². The molecule has 0 unspecified atom stereocenters. The topological polar surface area (TPSA) is 23.1 Å². The number of nitrogens with zero attached hydrogens (tertiary/aromatic N) is 1. The molecule has 0 spiro atoms. The SMILES string of the molecule is CCN(Cc1cc(C(C)(C)C)c([O])c(C(C)(C)C)c1)c1ccccc1. The minimum Gasteiger partial charge on any atom is -0.367 e. The zero-order valence-corrected chi connectivity index (χ0v) is 16.8. The van der Waals surface area contributed by atoms with Crippen LogP contribution in [0.2, 0.25) is 0 Å². The van der Waals surface area contributed by atoms with E-state index in [4.69, 9.17) is 0 Å². The van der Waals surface area contributed by atoms with Gasteiger partial charge in [0.2, 0.25) is 0 Å². The van der Waals surface area contributed by atoms with Crippen molar-refractivity contribution in [1.82, 2.24) is 0 Å². The first kappa shape index (κ1) is 19.4. The molecule has 0 amide bonds. The molecule has 2 heteroatoms. The summed E-state index contributed by atoms with van der Waals surface area (Å²) in [6, 6.07) is 14.7. The standard InChI is InChI=1S/C23H32NO/c1-8-24(18-12-10-9-11-13-18)16-17-14-19(22(2,3)4)21(25)20(15-17)23(5,6)7/h9-15H,8,16H2,1-7H3. The van der Waals surface area contributed by atoms with Crippen molar-refractivity contribution >= 4 is 5.69 Å². The molecule has 0 atom stereocenters. The lowest BCUT2D eigenvalue weighted by Gasteiger charge is -2.29. The van der Waals surface area contributed by atoms with Crippen LogP contribution in [-0.4, -0.2) is 6.54 Å². The fraction of sp³-hybridized carbons (Fsp3) is 0.478. The van der Waals surface area contributed by atoms with Crippen molar-refractivity contribution in [1.29, 1.82) is 0 Å². The second kappa shape index (κ2) is 7.11. The molecule has 0 aliphatic rings. The zero-order chi connectivity index (χ0) is 18.8. The predicted octanol–water partition coefficient (Wildman–Crippen LogP) is 6.45. The Hall–Kier alpha value is -1.96. The van der Waals surface area contributed by atoms with Crippen molar-refractivity contribution in [3.8, 4) is 5.75 Å². The van der Waals surface area contributed by atoms with Crippen LogP contribution in [0, 0.1) is 0 Å². The number of benzene rings is 2. The van der Waals surface area contributed by atoms with Crippen LogP contribution in [0.5, 0.6) is 5.75 Å². The average Bonchev–Trinajstić information content (AvgIpc) is 2.52. The lowest BCUT2D eigenvalue weighted by molar-refractivity contribution is 0.327. The monoisotopic (exact) mass is 338 g/mol. The molecular formula is C23H32NO. The molecule has 135 valence electrons. The van der Waals surface area contributed by atoms with Gasteiger partial charge in [-0.05, 0) is 47.6 Å². The van der Waals surface area contributed by atoms with Gasteiger partial charge in [0.1, 0.15) is 0 Å². The third-order valence-corrected chi connectivity index (χ3v) is 4.64. The molecule has 0 saturated heterocycles. The van der Waals surface area contributed by atoms with Gasteiger partial charge in [-0.1, -0.05) is 59.7 Å². The van der Waals surface area contributed by atoms with Gasteiger partial charge in [0, 0.05) is 29.9 Å². The quantitative estimate of drug-likeness (QED) is 0.628. The highest BCUT2D eigenvalue weighted by atomic mass is 16.3. The van der Waals surface area contributed by atoms with Gasteiger partial charge >= 0.3 is 0 Å². The number of para-hydroxylation sites is 1. The Bertz CT molecular complexity index is 670. The van der Waals surface area contributed by atoms with Crippen LogP contribution in [0.3, 0.4) is 0 Å². The van der Waals surface area contributed by atoms with Gasteiger partial charge in [0.05, 0.1) is 0 Å². The summed E-state index contributed by atoms with van der Waals surface area (Å²) in [5, 5.41) is 13.0. The predicted molar refractivity (Wildman–Crippen MR) is 107 cm³/mol. The van der Waals surface area contributed by atoms with Crippen molar-refractivity contribution in [3.63, 3.8) is 0 Å². The van der Waals surface area contributed by atoms with Gasteiger partial charge in [0.25, 0.3) is 0 Å². The highest BCUT2D eigenvalue weighted by molar-refractivity contribution is 5.52. The van der Waals surface area contributed by atoms with Gasteiger partial charge < -0.3 is 4.90 Å². The van der Waals surface area contributed by atoms with E-state index in [-0.39, 0.29) is 16.6 Å². The van der Waals surface area contributed by atoms with Gasteiger partial charge in [-0.2, -0.15) is 0 Å². The van der Waals surface area contributed by atoms with Crippen LogP contribution in [0.15, 0.2) is 42.5 Å². The molecule has 2 aromatic carbocycles. The van der Waals surface area contributed by atoms with E-state index in [0.29, 0.717) is 0 Å². The minimum atomic E-state index is -0.156. The Labute approximate surface area is 153 Å². The van der Waals surface area contributed by atoms with Crippen molar-refractivity contribution in [2.45, 2.75) is 65.8 Å². The molecule has 2 nitrogen and oxygen atoms in total. The fourth-order valence-electron chi connectivity index (χ4n) is 3.14. The van der Waals surface area contributed by atoms with Crippen molar-refractivity contribution < 1.29 is 5.11 Å². The summed E-state index contributed by atoms with van der Waals surface area (Å²) in [7, 11) is 0. The Balaban J connectivity index is 2.50. The van der Waals surface area contributed by atoms with E-state index in [9.17, 15) is 5.11 Å². The maximum absolute atomic E-state index is 13.0. The number of hydrogen-bond acceptors (Lipinski definition) is 1. The Kier molecular flexibility index (Phi) is 5.51. The van der Waals surface area contributed by atoms with Crippen LogP contribution >= 0.6 is 0 Å². The van der Waals surface area contributed by atoms with Gasteiger partial charge in [-0.25, -0.2) is 0 Å². The molecule has 25 heavy (non-hydrogen) atoms. The summed E-state index contributed by atoms with van der Waals surface area (Å²) in [6.45, 7) is 16.6. The Morgan fingerprint density at radius 2 is 1.32 bits per heavy atom. The maximum Gasteiger partial charge on any atom is 0.186 e. The highest BCUT2D eigenvalue weighted by Crippen LogP contribution is 2.40. The van der Waals surface area contributed by atoms with Gasteiger partial charge in [-0.3, -0.25) is 5.11 Å². The molecule has 0 fully saturated rings. The van der Waals surface area contributed by atoms with Gasteiger partial charge in [-0.15, -0.1) is 0 Å². The largest absolute Gasteiger partial charge is 0.367 e. The van der Waals surface area contributed by atoms with Crippen molar-refractivity contribution in [2.75, 3.05) is 11.4 Å². The van der Waals surface area contributed by atoms with E-state index < -0.39 is 0 Å². The van der Waals surface area contributed by atoms with Crippen LogP contribution in [0.4, 0.5) is 5.69 Å². The second-order valence-electron chi connectivity index (χ2n) is 8.87.